The van der Waals surface area contributed by atoms with E-state index in [-0.39, 0.29) is 10.6 Å². The van der Waals surface area contributed by atoms with Crippen molar-refractivity contribution in [1.82, 2.24) is 9.04 Å². The van der Waals surface area contributed by atoms with Gasteiger partial charge in [-0.05, 0) is 12.5 Å². The number of carboxylic acid groups (broad SMARTS) is 1. The third kappa shape index (κ3) is 2.71. The van der Waals surface area contributed by atoms with Crippen molar-refractivity contribution < 1.29 is 23.2 Å². The summed E-state index contributed by atoms with van der Waals surface area (Å²) in [6, 6.07) is 1.13. The molecule has 0 atom stereocenters. The maximum atomic E-state index is 12.0. The maximum Gasteiger partial charge on any atom is 0.352 e. The molecule has 0 unspecified atom stereocenters. The molecule has 0 saturated heterocycles. The minimum atomic E-state index is -3.82. The van der Waals surface area contributed by atoms with Crippen molar-refractivity contribution in [2.75, 3.05) is 14.2 Å². The van der Waals surface area contributed by atoms with Crippen molar-refractivity contribution in [3.05, 3.63) is 18.0 Å². The van der Waals surface area contributed by atoms with Crippen LogP contribution < -0.4 is 0 Å². The molecule has 1 heterocycles. The van der Waals surface area contributed by atoms with Gasteiger partial charge in [-0.15, -0.1) is 0 Å². The molecule has 0 amide bonds. The monoisotopic (exact) mass is 276 g/mol. The van der Waals surface area contributed by atoms with Gasteiger partial charge < -0.3 is 9.67 Å². The molecule has 0 spiro atoms. The van der Waals surface area contributed by atoms with Gasteiger partial charge in [-0.1, -0.05) is 11.4 Å². The molecule has 0 bridgehead atoms. The van der Waals surface area contributed by atoms with Crippen LogP contribution in [0.1, 0.15) is 23.8 Å². The number of aryl methyl sites for hydroxylation is 1. The molecule has 102 valence electrons. The Morgan fingerprint density at radius 3 is 2.61 bits per heavy atom. The van der Waals surface area contributed by atoms with E-state index in [0.717, 1.165) is 6.07 Å². The second-order valence-corrected chi connectivity index (χ2v) is 5.59. The Balaban J connectivity index is 3.28. The van der Waals surface area contributed by atoms with Crippen molar-refractivity contribution >= 4 is 16.0 Å². The summed E-state index contributed by atoms with van der Waals surface area (Å²) in [6.45, 7) is 2.31. The molecule has 0 aliphatic heterocycles. The summed E-state index contributed by atoms with van der Waals surface area (Å²) in [7, 11) is -1.35. The second-order valence-electron chi connectivity index (χ2n) is 3.66. The Morgan fingerprint density at radius 2 is 2.17 bits per heavy atom. The lowest BCUT2D eigenvalue weighted by molar-refractivity contribution is -0.0258. The normalized spacial score (nSPS) is 12.0. The summed E-state index contributed by atoms with van der Waals surface area (Å²) in [6.07, 6.45) is 2.01. The van der Waals surface area contributed by atoms with Gasteiger partial charge in [-0.2, -0.15) is 0 Å². The quantitative estimate of drug-likeness (QED) is 0.775. The Morgan fingerprint density at radius 1 is 1.56 bits per heavy atom. The van der Waals surface area contributed by atoms with Crippen LogP contribution in [0.3, 0.4) is 0 Å². The lowest BCUT2D eigenvalue weighted by Crippen LogP contribution is -2.25. The third-order valence-corrected chi connectivity index (χ3v) is 4.09. The first-order chi connectivity index (χ1) is 8.34. The molecule has 0 fully saturated rings. The van der Waals surface area contributed by atoms with Gasteiger partial charge in [-0.3, -0.25) is 4.84 Å². The first-order valence-corrected chi connectivity index (χ1v) is 6.75. The lowest BCUT2D eigenvalue weighted by Gasteiger charge is -2.12. The molecule has 0 saturated carbocycles. The van der Waals surface area contributed by atoms with Crippen LogP contribution in [0.4, 0.5) is 0 Å². The average molecular weight is 276 g/mol. The Kier molecular flexibility index (Phi) is 4.49. The van der Waals surface area contributed by atoms with Crippen molar-refractivity contribution in [3.63, 3.8) is 0 Å². The highest BCUT2D eigenvalue weighted by molar-refractivity contribution is 7.89. The number of aromatic nitrogens is 1. The number of hydroxylamine groups is 1. The van der Waals surface area contributed by atoms with Crippen LogP contribution in [-0.2, 0) is 21.4 Å². The summed E-state index contributed by atoms with van der Waals surface area (Å²) < 4.78 is 26.0. The molecule has 1 aromatic rings. The largest absolute Gasteiger partial charge is 0.477 e. The van der Waals surface area contributed by atoms with E-state index in [4.69, 9.17) is 5.11 Å². The molecule has 1 rings (SSSR count). The predicted molar refractivity (Wildman–Crippen MR) is 63.6 cm³/mol. The van der Waals surface area contributed by atoms with Crippen molar-refractivity contribution in [1.29, 1.82) is 0 Å². The van der Waals surface area contributed by atoms with Crippen LogP contribution in [0.2, 0.25) is 0 Å². The van der Waals surface area contributed by atoms with E-state index in [0.29, 0.717) is 17.4 Å². The molecule has 18 heavy (non-hydrogen) atoms. The predicted octanol–water partition coefficient (Wildman–Crippen LogP) is 0.778. The smallest absolute Gasteiger partial charge is 0.352 e. The SMILES string of the molecule is CCCn1cc(S(=O)(=O)N(C)OC)cc1C(=O)O. The van der Waals surface area contributed by atoms with Crippen LogP contribution in [0, 0.1) is 0 Å². The van der Waals surface area contributed by atoms with Gasteiger partial charge in [0.1, 0.15) is 10.6 Å². The molecule has 0 aromatic carbocycles. The Hall–Kier alpha value is -1.38. The number of carbonyl (C=O) groups is 1. The van der Waals surface area contributed by atoms with E-state index in [1.54, 1.807) is 0 Å². The minimum absolute atomic E-state index is 0.0556. The molecular formula is C10H16N2O5S. The fraction of sp³-hybridized carbons (Fsp3) is 0.500. The number of rotatable bonds is 6. The van der Waals surface area contributed by atoms with Crippen molar-refractivity contribution in [2.45, 2.75) is 24.8 Å². The number of nitrogens with zero attached hydrogens (tertiary/aromatic N) is 2. The number of aromatic carboxylic acids is 1. The first kappa shape index (κ1) is 14.7. The highest BCUT2D eigenvalue weighted by Crippen LogP contribution is 2.18. The van der Waals surface area contributed by atoms with Crippen LogP contribution >= 0.6 is 0 Å². The highest BCUT2D eigenvalue weighted by Gasteiger charge is 2.25. The number of hydrogen-bond acceptors (Lipinski definition) is 4. The van der Waals surface area contributed by atoms with Crippen molar-refractivity contribution in [2.24, 2.45) is 0 Å². The van der Waals surface area contributed by atoms with Crippen molar-refractivity contribution in [3.8, 4) is 0 Å². The van der Waals surface area contributed by atoms with Crippen LogP contribution in [0.25, 0.3) is 0 Å². The molecule has 0 radical (unpaired) electrons. The summed E-state index contributed by atoms with van der Waals surface area (Å²) in [5, 5.41) is 9.01. The summed E-state index contributed by atoms with van der Waals surface area (Å²) in [4.78, 5) is 15.5. The summed E-state index contributed by atoms with van der Waals surface area (Å²) in [5.74, 6) is -1.16. The van der Waals surface area contributed by atoms with E-state index in [2.05, 4.69) is 4.84 Å². The zero-order valence-corrected chi connectivity index (χ0v) is 11.3. The average Bonchev–Trinajstić information content (AvgIpc) is 2.73. The van der Waals surface area contributed by atoms with Gasteiger partial charge in [0.2, 0.25) is 0 Å². The molecule has 0 aliphatic carbocycles. The Bertz CT molecular complexity index is 534. The third-order valence-electron chi connectivity index (χ3n) is 2.45. The van der Waals surface area contributed by atoms with E-state index < -0.39 is 16.0 Å². The molecule has 7 nitrogen and oxygen atoms in total. The number of sulfonamides is 1. The molecule has 0 aliphatic rings. The topological polar surface area (TPSA) is 88.8 Å². The molecule has 1 aromatic heterocycles. The Labute approximate surface area is 106 Å². The fourth-order valence-corrected chi connectivity index (χ4v) is 2.49. The van der Waals surface area contributed by atoms with Gasteiger partial charge in [0.05, 0.1) is 7.11 Å². The van der Waals surface area contributed by atoms with E-state index in [9.17, 15) is 13.2 Å². The standard InChI is InChI=1S/C10H16N2O5S/c1-4-5-12-7-8(6-9(12)10(13)14)18(15,16)11(2)17-3/h6-7H,4-5H2,1-3H3,(H,13,14). The van der Waals surface area contributed by atoms with Crippen LogP contribution in [-0.4, -0.2) is 42.7 Å². The van der Waals surface area contributed by atoms with Gasteiger partial charge in [-0.25, -0.2) is 13.2 Å². The molecule has 1 N–H and O–H groups in total. The highest BCUT2D eigenvalue weighted by atomic mass is 32.2. The van der Waals surface area contributed by atoms with Gasteiger partial charge in [0.15, 0.2) is 0 Å². The van der Waals surface area contributed by atoms with E-state index in [1.807, 2.05) is 6.92 Å². The van der Waals surface area contributed by atoms with E-state index in [1.165, 1.54) is 24.9 Å². The molecule has 8 heteroatoms. The van der Waals surface area contributed by atoms with Crippen LogP contribution in [0.5, 0.6) is 0 Å². The van der Waals surface area contributed by atoms with Gasteiger partial charge in [0, 0.05) is 19.8 Å². The summed E-state index contributed by atoms with van der Waals surface area (Å²) in [5.41, 5.74) is -0.0556. The lowest BCUT2D eigenvalue weighted by atomic mass is 10.4. The van der Waals surface area contributed by atoms with Crippen LogP contribution in [0.15, 0.2) is 17.2 Å². The summed E-state index contributed by atoms with van der Waals surface area (Å²) >= 11 is 0. The van der Waals surface area contributed by atoms with Gasteiger partial charge >= 0.3 is 5.97 Å². The fourth-order valence-electron chi connectivity index (χ4n) is 1.48. The first-order valence-electron chi connectivity index (χ1n) is 5.31. The van der Waals surface area contributed by atoms with E-state index >= 15 is 0 Å². The number of hydrogen-bond donors (Lipinski definition) is 1. The van der Waals surface area contributed by atoms with Gasteiger partial charge in [0.25, 0.3) is 10.0 Å². The zero-order chi connectivity index (χ0) is 13.9. The minimum Gasteiger partial charge on any atom is -0.477 e. The second kappa shape index (κ2) is 5.51. The zero-order valence-electron chi connectivity index (χ0n) is 10.5. The number of carboxylic acids is 1. The molecular weight excluding hydrogens is 260 g/mol. The maximum absolute atomic E-state index is 12.0.